The number of benzene rings is 2. The lowest BCUT2D eigenvalue weighted by Gasteiger charge is -2.18. The fraction of sp³-hybridized carbons (Fsp3) is 0.0625. The summed E-state index contributed by atoms with van der Waals surface area (Å²) in [4.78, 5) is 12.2. The lowest BCUT2D eigenvalue weighted by atomic mass is 10.0. The quantitative estimate of drug-likeness (QED) is 0.731. The minimum absolute atomic E-state index is 0.100. The monoisotopic (exact) mass is 265 g/mol. The van der Waals surface area contributed by atoms with Crippen LogP contribution in [-0.2, 0) is 4.79 Å². The first-order chi connectivity index (χ1) is 9.72. The molecule has 0 radical (unpaired) electrons. The molecular weight excluding hydrogens is 250 g/mol. The summed E-state index contributed by atoms with van der Waals surface area (Å²) in [6, 6.07) is 15.0. The molecule has 20 heavy (non-hydrogen) atoms. The van der Waals surface area contributed by atoms with Gasteiger partial charge >= 0.3 is 0 Å². The maximum absolute atomic E-state index is 12.2. The maximum atomic E-state index is 12.2. The van der Waals surface area contributed by atoms with Crippen molar-refractivity contribution in [3.05, 3.63) is 59.7 Å². The molecule has 0 aliphatic carbocycles. The average molecular weight is 265 g/mol. The van der Waals surface area contributed by atoms with Gasteiger partial charge in [0.25, 0.3) is 5.91 Å². The molecule has 1 amide bonds. The molecule has 0 saturated carbocycles. The highest BCUT2D eigenvalue weighted by Gasteiger charge is 2.15. The van der Waals surface area contributed by atoms with Crippen molar-refractivity contribution >= 4 is 29.0 Å². The van der Waals surface area contributed by atoms with E-state index in [0.29, 0.717) is 17.8 Å². The van der Waals surface area contributed by atoms with Crippen LogP contribution < -0.4 is 16.4 Å². The topological polar surface area (TPSA) is 67.1 Å². The van der Waals surface area contributed by atoms with Gasteiger partial charge < -0.3 is 16.4 Å². The van der Waals surface area contributed by atoms with Crippen molar-refractivity contribution in [1.29, 1.82) is 0 Å². The predicted molar refractivity (Wildman–Crippen MR) is 82.4 cm³/mol. The Morgan fingerprint density at radius 2 is 1.85 bits per heavy atom. The summed E-state index contributed by atoms with van der Waals surface area (Å²) in [5.74, 6) is -0.100. The van der Waals surface area contributed by atoms with Gasteiger partial charge in [-0.25, -0.2) is 0 Å². The second kappa shape index (κ2) is 5.09. The highest BCUT2D eigenvalue weighted by Crippen LogP contribution is 2.23. The van der Waals surface area contributed by atoms with E-state index < -0.39 is 0 Å². The van der Waals surface area contributed by atoms with Gasteiger partial charge in [-0.05, 0) is 42.0 Å². The van der Waals surface area contributed by atoms with Gasteiger partial charge in [-0.2, -0.15) is 0 Å². The lowest BCUT2D eigenvalue weighted by Crippen LogP contribution is -2.22. The summed E-state index contributed by atoms with van der Waals surface area (Å²) < 4.78 is 0. The minimum atomic E-state index is -0.100. The number of nitrogens with one attached hydrogen (secondary N) is 2. The highest BCUT2D eigenvalue weighted by molar-refractivity contribution is 6.08. The molecule has 3 rings (SSSR count). The van der Waals surface area contributed by atoms with Gasteiger partial charge in [0.05, 0.1) is 0 Å². The smallest absolute Gasteiger partial charge is 0.253 e. The zero-order chi connectivity index (χ0) is 13.9. The van der Waals surface area contributed by atoms with Crippen LogP contribution in [0.25, 0.3) is 6.08 Å². The maximum Gasteiger partial charge on any atom is 0.253 e. The molecule has 2 aromatic carbocycles. The Hall–Kier alpha value is -2.75. The molecule has 0 unspecified atom stereocenters. The van der Waals surface area contributed by atoms with E-state index in [-0.39, 0.29) is 5.91 Å². The largest absolute Gasteiger partial charge is 0.399 e. The minimum Gasteiger partial charge on any atom is -0.399 e. The van der Waals surface area contributed by atoms with Crippen molar-refractivity contribution in [3.8, 4) is 0 Å². The second-order valence-corrected chi connectivity index (χ2v) is 4.69. The van der Waals surface area contributed by atoms with Gasteiger partial charge in [-0.1, -0.05) is 18.2 Å². The fourth-order valence-corrected chi connectivity index (χ4v) is 2.14. The summed E-state index contributed by atoms with van der Waals surface area (Å²) in [6.45, 7) is 0.526. The van der Waals surface area contributed by atoms with E-state index in [1.165, 1.54) is 0 Å². The Morgan fingerprint density at radius 1 is 1.10 bits per heavy atom. The van der Waals surface area contributed by atoms with Crippen molar-refractivity contribution in [3.63, 3.8) is 0 Å². The van der Waals surface area contributed by atoms with Gasteiger partial charge in [0, 0.05) is 29.2 Å². The summed E-state index contributed by atoms with van der Waals surface area (Å²) in [5.41, 5.74) is 9.83. The number of hydrogen-bond donors (Lipinski definition) is 3. The predicted octanol–water partition coefficient (Wildman–Crippen LogP) is 2.72. The van der Waals surface area contributed by atoms with Crippen LogP contribution in [-0.4, -0.2) is 12.5 Å². The number of nitrogens with two attached hydrogens (primary N) is 1. The second-order valence-electron chi connectivity index (χ2n) is 4.69. The zero-order valence-corrected chi connectivity index (χ0v) is 10.9. The van der Waals surface area contributed by atoms with E-state index >= 15 is 0 Å². The van der Waals surface area contributed by atoms with Crippen LogP contribution in [0.15, 0.2) is 54.1 Å². The molecule has 4 N–H and O–H groups in total. The summed E-state index contributed by atoms with van der Waals surface area (Å²) in [7, 11) is 0. The SMILES string of the molecule is Nc1ccc(NC(=O)C2=Cc3ccccc3NC2)cc1. The van der Waals surface area contributed by atoms with Crippen molar-refractivity contribution in [2.75, 3.05) is 22.9 Å². The van der Waals surface area contributed by atoms with Crippen LogP contribution in [0.2, 0.25) is 0 Å². The molecule has 4 heteroatoms. The third kappa shape index (κ3) is 2.49. The number of anilines is 3. The van der Waals surface area contributed by atoms with Crippen molar-refractivity contribution in [2.45, 2.75) is 0 Å². The number of hydrogen-bond acceptors (Lipinski definition) is 3. The van der Waals surface area contributed by atoms with Gasteiger partial charge in [0.1, 0.15) is 0 Å². The third-order valence-electron chi connectivity index (χ3n) is 3.22. The Balaban J connectivity index is 1.78. The molecule has 0 aromatic heterocycles. The molecule has 0 atom stereocenters. The standard InChI is InChI=1S/C16H15N3O/c17-13-5-7-14(8-6-13)19-16(20)12-9-11-3-1-2-4-15(11)18-10-12/h1-9,18H,10,17H2,(H,19,20). The summed E-state index contributed by atoms with van der Waals surface area (Å²) in [6.07, 6.45) is 1.92. The van der Waals surface area contributed by atoms with E-state index in [0.717, 1.165) is 16.9 Å². The van der Waals surface area contributed by atoms with E-state index in [4.69, 9.17) is 5.73 Å². The highest BCUT2D eigenvalue weighted by atomic mass is 16.1. The number of carbonyl (C=O) groups excluding carboxylic acids is 1. The summed E-state index contributed by atoms with van der Waals surface area (Å²) in [5, 5.41) is 6.11. The van der Waals surface area contributed by atoms with Crippen LogP contribution >= 0.6 is 0 Å². The fourth-order valence-electron chi connectivity index (χ4n) is 2.14. The first kappa shape index (κ1) is 12.3. The zero-order valence-electron chi connectivity index (χ0n) is 10.9. The molecule has 0 spiro atoms. The molecule has 0 saturated heterocycles. The van der Waals surface area contributed by atoms with Crippen LogP contribution in [0.4, 0.5) is 17.1 Å². The molecule has 100 valence electrons. The number of para-hydroxylation sites is 1. The number of nitrogen functional groups attached to an aromatic ring is 1. The van der Waals surface area contributed by atoms with Crippen molar-refractivity contribution < 1.29 is 4.79 Å². The Morgan fingerprint density at radius 3 is 2.65 bits per heavy atom. The number of rotatable bonds is 2. The Kier molecular flexibility index (Phi) is 3.13. The molecular formula is C16H15N3O. The molecule has 0 bridgehead atoms. The molecule has 1 aliphatic rings. The van der Waals surface area contributed by atoms with Crippen LogP contribution in [0.3, 0.4) is 0 Å². The Bertz CT molecular complexity index is 674. The van der Waals surface area contributed by atoms with Gasteiger partial charge in [0.15, 0.2) is 0 Å². The van der Waals surface area contributed by atoms with Crippen molar-refractivity contribution in [1.82, 2.24) is 0 Å². The number of amides is 1. The molecule has 0 fully saturated rings. The van der Waals surface area contributed by atoms with Gasteiger partial charge in [-0.3, -0.25) is 4.79 Å². The van der Waals surface area contributed by atoms with E-state index in [9.17, 15) is 4.79 Å². The molecule has 1 heterocycles. The third-order valence-corrected chi connectivity index (χ3v) is 3.22. The molecule has 2 aromatic rings. The lowest BCUT2D eigenvalue weighted by molar-refractivity contribution is -0.112. The first-order valence-corrected chi connectivity index (χ1v) is 6.43. The van der Waals surface area contributed by atoms with Gasteiger partial charge in [0.2, 0.25) is 0 Å². The van der Waals surface area contributed by atoms with Crippen LogP contribution in [0, 0.1) is 0 Å². The van der Waals surface area contributed by atoms with Gasteiger partial charge in [-0.15, -0.1) is 0 Å². The van der Waals surface area contributed by atoms with E-state index in [1.54, 1.807) is 24.3 Å². The van der Waals surface area contributed by atoms with Crippen LogP contribution in [0.1, 0.15) is 5.56 Å². The van der Waals surface area contributed by atoms with Crippen LogP contribution in [0.5, 0.6) is 0 Å². The summed E-state index contributed by atoms with van der Waals surface area (Å²) >= 11 is 0. The normalized spacial score (nSPS) is 12.9. The molecule has 1 aliphatic heterocycles. The van der Waals surface area contributed by atoms with Crippen molar-refractivity contribution in [2.24, 2.45) is 0 Å². The van der Waals surface area contributed by atoms with E-state index in [1.807, 2.05) is 30.3 Å². The number of fused-ring (bicyclic) bond motifs is 1. The number of carbonyl (C=O) groups is 1. The first-order valence-electron chi connectivity index (χ1n) is 6.43. The van der Waals surface area contributed by atoms with E-state index in [2.05, 4.69) is 10.6 Å². The molecule has 4 nitrogen and oxygen atoms in total. The average Bonchev–Trinajstić information content (AvgIpc) is 2.49. The Labute approximate surface area is 117 Å².